The Labute approximate surface area is 157 Å². The number of hydrogen-bond acceptors (Lipinski definition) is 4. The van der Waals surface area contributed by atoms with Crippen LogP contribution in [0, 0.1) is 13.8 Å². The highest BCUT2D eigenvalue weighted by molar-refractivity contribution is 9.10. The summed E-state index contributed by atoms with van der Waals surface area (Å²) in [5.41, 5.74) is 1.57. The Morgan fingerprint density at radius 1 is 1.00 bits per heavy atom. The Hall–Kier alpha value is -1.42. The second kappa shape index (κ2) is 7.06. The molecular weight excluding hydrogens is 428 g/mol. The summed E-state index contributed by atoms with van der Waals surface area (Å²) in [5.74, 6) is 0. The molecule has 0 aliphatic heterocycles. The van der Waals surface area contributed by atoms with Crippen LogP contribution in [0.25, 0.3) is 0 Å². The SMILES string of the molecule is Cc1cc(S(=O)(=O)N(C)C)cc(NS(=O)(=O)c2ccccc2Br)c1C. The van der Waals surface area contributed by atoms with Gasteiger partial charge in [0, 0.05) is 18.6 Å². The highest BCUT2D eigenvalue weighted by atomic mass is 79.9. The normalized spacial score (nSPS) is 12.4. The number of hydrogen-bond donors (Lipinski definition) is 1. The van der Waals surface area contributed by atoms with Gasteiger partial charge in [-0.3, -0.25) is 4.72 Å². The van der Waals surface area contributed by atoms with E-state index >= 15 is 0 Å². The molecule has 0 fully saturated rings. The van der Waals surface area contributed by atoms with Crippen molar-refractivity contribution in [3.8, 4) is 0 Å². The lowest BCUT2D eigenvalue weighted by Crippen LogP contribution is -2.23. The Morgan fingerprint density at radius 2 is 1.60 bits per heavy atom. The Bertz CT molecular complexity index is 1020. The molecule has 0 spiro atoms. The van der Waals surface area contributed by atoms with Crippen LogP contribution in [-0.4, -0.2) is 35.2 Å². The summed E-state index contributed by atoms with van der Waals surface area (Å²) in [4.78, 5) is 0.110. The van der Waals surface area contributed by atoms with Gasteiger partial charge in [0.2, 0.25) is 10.0 Å². The Morgan fingerprint density at radius 3 is 2.16 bits per heavy atom. The molecule has 0 aliphatic rings. The molecule has 0 saturated carbocycles. The fourth-order valence-electron chi connectivity index (χ4n) is 2.15. The lowest BCUT2D eigenvalue weighted by atomic mass is 10.1. The third-order valence-corrected chi connectivity index (χ3v) is 7.96. The highest BCUT2D eigenvalue weighted by Crippen LogP contribution is 2.29. The molecule has 1 N–H and O–H groups in total. The van der Waals surface area contributed by atoms with Crippen molar-refractivity contribution in [3.05, 3.63) is 52.0 Å². The minimum Gasteiger partial charge on any atom is -0.279 e. The van der Waals surface area contributed by atoms with E-state index in [1.807, 2.05) is 0 Å². The van der Waals surface area contributed by atoms with Crippen molar-refractivity contribution in [2.75, 3.05) is 18.8 Å². The fourth-order valence-corrected chi connectivity index (χ4v) is 5.29. The highest BCUT2D eigenvalue weighted by Gasteiger charge is 2.23. The third-order valence-electron chi connectivity index (χ3n) is 3.79. The van der Waals surface area contributed by atoms with Crippen molar-refractivity contribution in [1.29, 1.82) is 0 Å². The molecule has 0 aliphatic carbocycles. The van der Waals surface area contributed by atoms with Crippen LogP contribution in [-0.2, 0) is 20.0 Å². The van der Waals surface area contributed by atoms with E-state index in [1.165, 1.54) is 32.3 Å². The van der Waals surface area contributed by atoms with Crippen LogP contribution < -0.4 is 4.72 Å². The van der Waals surface area contributed by atoms with E-state index in [0.29, 0.717) is 15.6 Å². The van der Waals surface area contributed by atoms with Gasteiger partial charge in [-0.05, 0) is 65.2 Å². The average molecular weight is 447 g/mol. The second-order valence-corrected chi connectivity index (χ2v) is 10.4. The van der Waals surface area contributed by atoms with Crippen LogP contribution >= 0.6 is 15.9 Å². The number of nitrogens with one attached hydrogen (secondary N) is 1. The Kier molecular flexibility index (Phi) is 5.62. The molecular formula is C16H19BrN2O4S2. The molecule has 6 nitrogen and oxygen atoms in total. The number of aryl methyl sites for hydroxylation is 1. The molecule has 2 aromatic carbocycles. The monoisotopic (exact) mass is 446 g/mol. The number of sulfonamides is 2. The summed E-state index contributed by atoms with van der Waals surface area (Å²) in [6.07, 6.45) is 0. The average Bonchev–Trinajstić information content (AvgIpc) is 2.51. The largest absolute Gasteiger partial charge is 0.279 e. The molecule has 2 aromatic rings. The smallest absolute Gasteiger partial charge is 0.263 e. The standard InChI is InChI=1S/C16H19BrN2O4S2/c1-11-9-13(25(22,23)19(3)4)10-15(12(11)2)18-24(20,21)16-8-6-5-7-14(16)17/h5-10,18H,1-4H3. The van der Waals surface area contributed by atoms with E-state index in [-0.39, 0.29) is 15.5 Å². The predicted molar refractivity (Wildman–Crippen MR) is 102 cm³/mol. The van der Waals surface area contributed by atoms with Crippen molar-refractivity contribution < 1.29 is 16.8 Å². The van der Waals surface area contributed by atoms with E-state index in [0.717, 1.165) is 4.31 Å². The van der Waals surface area contributed by atoms with Gasteiger partial charge in [0.1, 0.15) is 4.90 Å². The van der Waals surface area contributed by atoms with Crippen LogP contribution in [0.2, 0.25) is 0 Å². The third kappa shape index (κ3) is 4.05. The first-order valence-electron chi connectivity index (χ1n) is 7.28. The topological polar surface area (TPSA) is 83.6 Å². The van der Waals surface area contributed by atoms with Gasteiger partial charge < -0.3 is 0 Å². The fraction of sp³-hybridized carbons (Fsp3) is 0.250. The van der Waals surface area contributed by atoms with Crippen molar-refractivity contribution in [2.45, 2.75) is 23.6 Å². The zero-order chi connectivity index (χ0) is 19.0. The van der Waals surface area contributed by atoms with E-state index in [9.17, 15) is 16.8 Å². The first kappa shape index (κ1) is 19.9. The molecule has 9 heteroatoms. The lowest BCUT2D eigenvalue weighted by Gasteiger charge is -2.17. The first-order valence-corrected chi connectivity index (χ1v) is 11.0. The molecule has 0 amide bonds. The maximum Gasteiger partial charge on any atom is 0.263 e. The minimum absolute atomic E-state index is 0.0328. The summed E-state index contributed by atoms with van der Waals surface area (Å²) in [7, 11) is -4.70. The number of benzene rings is 2. The molecule has 0 heterocycles. The van der Waals surface area contributed by atoms with Gasteiger partial charge >= 0.3 is 0 Å². The predicted octanol–water partition coefficient (Wildman–Crippen LogP) is 3.12. The van der Waals surface area contributed by atoms with Gasteiger partial charge in [0.25, 0.3) is 10.0 Å². The molecule has 2 rings (SSSR count). The number of nitrogens with zero attached hydrogens (tertiary/aromatic N) is 1. The van der Waals surface area contributed by atoms with Crippen LogP contribution in [0.15, 0.2) is 50.7 Å². The van der Waals surface area contributed by atoms with Crippen LogP contribution in [0.3, 0.4) is 0 Å². The van der Waals surface area contributed by atoms with Gasteiger partial charge in [-0.15, -0.1) is 0 Å². The number of rotatable bonds is 5. The zero-order valence-corrected chi connectivity index (χ0v) is 17.5. The van der Waals surface area contributed by atoms with E-state index in [4.69, 9.17) is 0 Å². The molecule has 0 radical (unpaired) electrons. The summed E-state index contributed by atoms with van der Waals surface area (Å²) in [5, 5.41) is 0. The van der Waals surface area contributed by atoms with E-state index < -0.39 is 20.0 Å². The molecule has 0 bridgehead atoms. The second-order valence-electron chi connectivity index (χ2n) is 5.74. The summed E-state index contributed by atoms with van der Waals surface area (Å²) in [6, 6.07) is 9.29. The molecule has 0 unspecified atom stereocenters. The quantitative estimate of drug-likeness (QED) is 0.764. The maximum atomic E-state index is 12.7. The number of halogens is 1. The summed E-state index contributed by atoms with van der Waals surface area (Å²) in [6.45, 7) is 3.47. The van der Waals surface area contributed by atoms with Crippen molar-refractivity contribution >= 4 is 41.7 Å². The van der Waals surface area contributed by atoms with E-state index in [1.54, 1.807) is 32.0 Å². The van der Waals surface area contributed by atoms with Gasteiger partial charge in [-0.1, -0.05) is 12.1 Å². The zero-order valence-electron chi connectivity index (χ0n) is 14.2. The number of anilines is 1. The van der Waals surface area contributed by atoms with Crippen LogP contribution in [0.5, 0.6) is 0 Å². The molecule has 0 aromatic heterocycles. The van der Waals surface area contributed by atoms with Crippen molar-refractivity contribution in [2.24, 2.45) is 0 Å². The lowest BCUT2D eigenvalue weighted by molar-refractivity contribution is 0.520. The van der Waals surface area contributed by atoms with E-state index in [2.05, 4.69) is 20.7 Å². The molecule has 25 heavy (non-hydrogen) atoms. The summed E-state index contributed by atoms with van der Waals surface area (Å²) < 4.78 is 54.1. The van der Waals surface area contributed by atoms with Crippen LogP contribution in [0.1, 0.15) is 11.1 Å². The van der Waals surface area contributed by atoms with Crippen LogP contribution in [0.4, 0.5) is 5.69 Å². The summed E-state index contributed by atoms with van der Waals surface area (Å²) >= 11 is 3.22. The first-order chi connectivity index (χ1) is 11.5. The Balaban J connectivity index is 2.57. The van der Waals surface area contributed by atoms with Gasteiger partial charge in [-0.25, -0.2) is 21.1 Å². The molecule has 136 valence electrons. The van der Waals surface area contributed by atoms with Gasteiger partial charge in [-0.2, -0.15) is 0 Å². The van der Waals surface area contributed by atoms with Crippen molar-refractivity contribution in [3.63, 3.8) is 0 Å². The minimum atomic E-state index is -3.87. The van der Waals surface area contributed by atoms with Crippen molar-refractivity contribution in [1.82, 2.24) is 4.31 Å². The van der Waals surface area contributed by atoms with Gasteiger partial charge in [0.05, 0.1) is 10.6 Å². The van der Waals surface area contributed by atoms with Gasteiger partial charge in [0.15, 0.2) is 0 Å². The molecule has 0 atom stereocenters. The maximum absolute atomic E-state index is 12.7. The molecule has 0 saturated heterocycles.